The van der Waals surface area contributed by atoms with Crippen molar-refractivity contribution in [3.63, 3.8) is 0 Å². The average Bonchev–Trinajstić information content (AvgIpc) is 2.50. The minimum absolute atomic E-state index is 0.0183. The maximum Gasteiger partial charge on any atom is 0.221 e. The van der Waals surface area contributed by atoms with E-state index in [0.717, 1.165) is 25.8 Å². The van der Waals surface area contributed by atoms with Crippen LogP contribution < -0.4 is 10.6 Å². The summed E-state index contributed by atoms with van der Waals surface area (Å²) in [6.45, 7) is 5.28. The normalized spacial score (nSPS) is 12.3. The molecule has 1 unspecified atom stereocenters. The number of carbonyl (C=O) groups excluding carboxylic acids is 1. The Balaban J connectivity index is 3.31. The highest BCUT2D eigenvalue weighted by Crippen LogP contribution is 2.10. The van der Waals surface area contributed by atoms with Crippen LogP contribution in [0.2, 0.25) is 0 Å². The minimum atomic E-state index is 0.0183. The van der Waals surface area contributed by atoms with Gasteiger partial charge < -0.3 is 10.4 Å². The summed E-state index contributed by atoms with van der Waals surface area (Å²) in [6, 6.07) is 0. The van der Waals surface area contributed by atoms with Crippen molar-refractivity contribution < 1.29 is 9.90 Å². The van der Waals surface area contributed by atoms with E-state index >= 15 is 0 Å². The molecule has 1 atom stereocenters. The van der Waals surface area contributed by atoms with Gasteiger partial charge in [-0.05, 0) is 32.7 Å². The fourth-order valence-electron chi connectivity index (χ4n) is 2.52. The number of hydrogen-bond donors (Lipinski definition) is 3. The van der Waals surface area contributed by atoms with Crippen LogP contribution in [-0.4, -0.2) is 30.3 Å². The second kappa shape index (κ2) is 16.8. The van der Waals surface area contributed by atoms with E-state index in [-0.39, 0.29) is 18.7 Å². The summed E-state index contributed by atoms with van der Waals surface area (Å²) in [7, 11) is 0. The highest BCUT2D eigenvalue weighted by atomic mass is 16.2. The number of hydrogen-bond acceptors (Lipinski definition) is 3. The van der Waals surface area contributed by atoms with Crippen LogP contribution in [0.5, 0.6) is 0 Å². The molecule has 0 aromatic heterocycles. The zero-order chi connectivity index (χ0) is 16.5. The summed E-state index contributed by atoms with van der Waals surface area (Å²) in [5.74, 6) is 0.144. The fourth-order valence-corrected chi connectivity index (χ4v) is 2.52. The molecule has 0 aliphatic carbocycles. The third-order valence-corrected chi connectivity index (χ3v) is 3.92. The molecule has 4 heteroatoms. The molecule has 0 aromatic carbocycles. The van der Waals surface area contributed by atoms with Gasteiger partial charge in [0, 0.05) is 13.0 Å². The Morgan fingerprint density at radius 3 is 2.09 bits per heavy atom. The molecular weight excluding hydrogens is 276 g/mol. The molecule has 0 heterocycles. The third-order valence-electron chi connectivity index (χ3n) is 3.92. The predicted molar refractivity (Wildman–Crippen MR) is 93.8 cm³/mol. The number of nitrogens with one attached hydrogen (secondary N) is 2. The van der Waals surface area contributed by atoms with Gasteiger partial charge in [-0.15, -0.1) is 0 Å². The van der Waals surface area contributed by atoms with Gasteiger partial charge in [0.1, 0.15) is 0 Å². The SMILES string of the molecule is CCCCCCCCCCCC(=O)NC(C)NCCCCO. The minimum Gasteiger partial charge on any atom is -0.396 e. The van der Waals surface area contributed by atoms with E-state index in [1.54, 1.807) is 0 Å². The number of aliphatic hydroxyl groups excluding tert-OH is 1. The van der Waals surface area contributed by atoms with Gasteiger partial charge in [-0.25, -0.2) is 0 Å². The van der Waals surface area contributed by atoms with Crippen molar-refractivity contribution in [2.75, 3.05) is 13.2 Å². The van der Waals surface area contributed by atoms with Crippen molar-refractivity contribution in [1.82, 2.24) is 10.6 Å². The van der Waals surface area contributed by atoms with E-state index in [1.807, 2.05) is 6.92 Å². The summed E-state index contributed by atoms with van der Waals surface area (Å²) in [4.78, 5) is 11.8. The van der Waals surface area contributed by atoms with Crippen molar-refractivity contribution in [2.24, 2.45) is 0 Å². The lowest BCUT2D eigenvalue weighted by molar-refractivity contribution is -0.122. The number of amides is 1. The molecule has 0 bridgehead atoms. The predicted octanol–water partition coefficient (Wildman–Crippen LogP) is 3.73. The monoisotopic (exact) mass is 314 g/mol. The number of aliphatic hydroxyl groups is 1. The first-order valence-corrected chi connectivity index (χ1v) is 9.34. The van der Waals surface area contributed by atoms with Crippen LogP contribution in [0.1, 0.15) is 90.9 Å². The van der Waals surface area contributed by atoms with E-state index in [4.69, 9.17) is 5.11 Å². The first-order chi connectivity index (χ1) is 10.7. The van der Waals surface area contributed by atoms with Gasteiger partial charge in [-0.1, -0.05) is 58.3 Å². The lowest BCUT2D eigenvalue weighted by Gasteiger charge is -2.15. The molecule has 0 fully saturated rings. The zero-order valence-corrected chi connectivity index (χ0v) is 14.8. The molecule has 22 heavy (non-hydrogen) atoms. The quantitative estimate of drug-likeness (QED) is 0.300. The van der Waals surface area contributed by atoms with Crippen LogP contribution in [0.25, 0.3) is 0 Å². The zero-order valence-electron chi connectivity index (χ0n) is 14.8. The van der Waals surface area contributed by atoms with Crippen LogP contribution in [0.3, 0.4) is 0 Å². The topological polar surface area (TPSA) is 61.4 Å². The van der Waals surface area contributed by atoms with Gasteiger partial charge in [-0.2, -0.15) is 0 Å². The molecule has 0 aliphatic rings. The maximum atomic E-state index is 11.8. The summed E-state index contributed by atoms with van der Waals surface area (Å²) >= 11 is 0. The second-order valence-electron chi connectivity index (χ2n) is 6.25. The number of rotatable bonds is 16. The summed E-state index contributed by atoms with van der Waals surface area (Å²) < 4.78 is 0. The summed E-state index contributed by atoms with van der Waals surface area (Å²) in [5.41, 5.74) is 0. The lowest BCUT2D eigenvalue weighted by atomic mass is 10.1. The molecule has 0 spiro atoms. The number of carbonyl (C=O) groups is 1. The van der Waals surface area contributed by atoms with E-state index in [2.05, 4.69) is 17.6 Å². The van der Waals surface area contributed by atoms with Gasteiger partial charge in [-0.3, -0.25) is 10.1 Å². The highest BCUT2D eigenvalue weighted by molar-refractivity contribution is 5.76. The average molecular weight is 315 g/mol. The fraction of sp³-hybridized carbons (Fsp3) is 0.944. The Labute approximate surface area is 137 Å². The summed E-state index contributed by atoms with van der Waals surface area (Å²) in [5, 5.41) is 14.9. The van der Waals surface area contributed by atoms with Gasteiger partial charge in [0.2, 0.25) is 5.91 Å². The first kappa shape index (κ1) is 21.4. The molecule has 0 rings (SSSR count). The largest absolute Gasteiger partial charge is 0.396 e. The lowest BCUT2D eigenvalue weighted by Crippen LogP contribution is -2.43. The maximum absolute atomic E-state index is 11.8. The Morgan fingerprint density at radius 1 is 0.909 bits per heavy atom. The van der Waals surface area contributed by atoms with E-state index in [1.165, 1.54) is 51.4 Å². The Morgan fingerprint density at radius 2 is 1.50 bits per heavy atom. The molecule has 0 aliphatic heterocycles. The highest BCUT2D eigenvalue weighted by Gasteiger charge is 2.05. The Bertz CT molecular complexity index is 247. The molecule has 0 saturated heterocycles. The molecule has 0 radical (unpaired) electrons. The van der Waals surface area contributed by atoms with Crippen LogP contribution in [0, 0.1) is 0 Å². The van der Waals surface area contributed by atoms with Crippen LogP contribution in [0.15, 0.2) is 0 Å². The Kier molecular flexibility index (Phi) is 16.3. The third kappa shape index (κ3) is 15.8. The van der Waals surface area contributed by atoms with Crippen LogP contribution in [-0.2, 0) is 4.79 Å². The molecule has 132 valence electrons. The Hall–Kier alpha value is -0.610. The molecule has 0 saturated carbocycles. The van der Waals surface area contributed by atoms with Gasteiger partial charge >= 0.3 is 0 Å². The van der Waals surface area contributed by atoms with E-state index in [0.29, 0.717) is 6.42 Å². The van der Waals surface area contributed by atoms with Crippen molar-refractivity contribution >= 4 is 5.91 Å². The smallest absolute Gasteiger partial charge is 0.221 e. The van der Waals surface area contributed by atoms with Crippen molar-refractivity contribution in [1.29, 1.82) is 0 Å². The van der Waals surface area contributed by atoms with Crippen molar-refractivity contribution in [3.8, 4) is 0 Å². The molecule has 0 aromatic rings. The standard InChI is InChI=1S/C18H38N2O2/c1-3-4-5-6-7-8-9-10-11-14-18(22)20-17(2)19-15-12-13-16-21/h17,19,21H,3-16H2,1-2H3,(H,20,22). The van der Waals surface area contributed by atoms with E-state index < -0.39 is 0 Å². The number of unbranched alkanes of at least 4 members (excludes halogenated alkanes) is 9. The first-order valence-electron chi connectivity index (χ1n) is 9.34. The molecular formula is C18H38N2O2. The summed E-state index contributed by atoms with van der Waals surface area (Å²) in [6.07, 6.45) is 13.9. The molecule has 3 N–H and O–H groups in total. The van der Waals surface area contributed by atoms with E-state index in [9.17, 15) is 4.79 Å². The van der Waals surface area contributed by atoms with Gasteiger partial charge in [0.05, 0.1) is 6.17 Å². The molecule has 1 amide bonds. The molecule has 4 nitrogen and oxygen atoms in total. The van der Waals surface area contributed by atoms with Crippen LogP contribution in [0.4, 0.5) is 0 Å². The van der Waals surface area contributed by atoms with Gasteiger partial charge in [0.15, 0.2) is 0 Å². The van der Waals surface area contributed by atoms with Gasteiger partial charge in [0.25, 0.3) is 0 Å². The van der Waals surface area contributed by atoms with Crippen molar-refractivity contribution in [2.45, 2.75) is 97.1 Å². The van der Waals surface area contributed by atoms with Crippen molar-refractivity contribution in [3.05, 3.63) is 0 Å². The second-order valence-corrected chi connectivity index (χ2v) is 6.25. The van der Waals surface area contributed by atoms with Crippen LogP contribution >= 0.6 is 0 Å².